The summed E-state index contributed by atoms with van der Waals surface area (Å²) >= 11 is 4.11. The molecule has 2 aromatic heterocycles. The van der Waals surface area contributed by atoms with Crippen molar-refractivity contribution in [2.24, 2.45) is 0 Å². The Morgan fingerprint density at radius 1 is 1.61 bits per heavy atom. The first kappa shape index (κ1) is 12.0. The first-order valence-electron chi connectivity index (χ1n) is 4.90. The number of nitrogens with zero attached hydrogens (tertiary/aromatic N) is 4. The van der Waals surface area contributed by atoms with Crippen LogP contribution in [0, 0.1) is 24.8 Å². The minimum absolute atomic E-state index is 0.0521. The smallest absolute Gasteiger partial charge is 0.238 e. The molecular formula is C11H8N6S. The number of nitrogens with two attached hydrogens (primary N) is 1. The van der Waals surface area contributed by atoms with Gasteiger partial charge in [-0.25, -0.2) is 9.83 Å². The fourth-order valence-corrected chi connectivity index (χ4v) is 1.88. The van der Waals surface area contributed by atoms with Crippen LogP contribution in [-0.4, -0.2) is 15.2 Å². The predicted octanol–water partition coefficient (Wildman–Crippen LogP) is 2.07. The highest BCUT2D eigenvalue weighted by Crippen LogP contribution is 2.38. The maximum atomic E-state index is 9.16. The maximum Gasteiger partial charge on any atom is 0.238 e. The number of aromatic nitrogens is 3. The van der Waals surface area contributed by atoms with Gasteiger partial charge in [0.1, 0.15) is 16.9 Å². The van der Waals surface area contributed by atoms with Gasteiger partial charge in [0.25, 0.3) is 0 Å². The lowest BCUT2D eigenvalue weighted by Crippen LogP contribution is -1.98. The molecule has 18 heavy (non-hydrogen) atoms. The Labute approximate surface area is 109 Å². The van der Waals surface area contributed by atoms with Gasteiger partial charge in [0.2, 0.25) is 5.69 Å². The fraction of sp³-hybridized carbons (Fsp3) is 0.0909. The Bertz CT molecular complexity index is 665. The zero-order valence-electron chi connectivity index (χ0n) is 9.39. The molecule has 0 fully saturated rings. The molecule has 0 aliphatic heterocycles. The van der Waals surface area contributed by atoms with Gasteiger partial charge in [0, 0.05) is 5.56 Å². The lowest BCUT2D eigenvalue weighted by molar-refractivity contribution is 1.05. The van der Waals surface area contributed by atoms with Crippen LogP contribution < -0.4 is 5.73 Å². The van der Waals surface area contributed by atoms with Gasteiger partial charge >= 0.3 is 0 Å². The van der Waals surface area contributed by atoms with Crippen molar-refractivity contribution < 1.29 is 0 Å². The summed E-state index contributed by atoms with van der Waals surface area (Å²) < 4.78 is 0. The molecule has 0 spiro atoms. The predicted molar refractivity (Wildman–Crippen MR) is 69.2 cm³/mol. The Kier molecular flexibility index (Phi) is 2.92. The number of aryl methyl sites for hydroxylation is 1. The van der Waals surface area contributed by atoms with E-state index in [4.69, 9.17) is 17.6 Å². The molecule has 0 saturated carbocycles. The van der Waals surface area contributed by atoms with Crippen molar-refractivity contribution in [2.75, 3.05) is 5.73 Å². The van der Waals surface area contributed by atoms with Crippen LogP contribution >= 0.6 is 12.6 Å². The number of nitriles is 1. The third-order valence-electron chi connectivity index (χ3n) is 2.38. The van der Waals surface area contributed by atoms with E-state index in [2.05, 4.69) is 32.7 Å². The van der Waals surface area contributed by atoms with Gasteiger partial charge in [-0.15, -0.1) is 12.6 Å². The number of nitrogens with one attached hydrogen (secondary N) is 1. The van der Waals surface area contributed by atoms with Crippen LogP contribution in [0.3, 0.4) is 0 Å². The summed E-state index contributed by atoms with van der Waals surface area (Å²) in [5, 5.41) is 16.1. The van der Waals surface area contributed by atoms with Gasteiger partial charge in [0.15, 0.2) is 0 Å². The van der Waals surface area contributed by atoms with Gasteiger partial charge in [-0.3, -0.25) is 5.10 Å². The quantitative estimate of drug-likeness (QED) is 0.537. The molecule has 6 nitrogen and oxygen atoms in total. The second-order valence-corrected chi connectivity index (χ2v) is 3.99. The summed E-state index contributed by atoms with van der Waals surface area (Å²) in [6, 6.07) is 3.72. The van der Waals surface area contributed by atoms with Crippen molar-refractivity contribution in [2.45, 2.75) is 11.9 Å². The van der Waals surface area contributed by atoms with E-state index in [1.807, 2.05) is 6.07 Å². The molecule has 2 aromatic rings. The first-order chi connectivity index (χ1) is 8.58. The molecule has 0 saturated heterocycles. The Balaban J connectivity index is 2.88. The molecule has 0 bridgehead atoms. The Morgan fingerprint density at radius 3 is 2.83 bits per heavy atom. The summed E-state index contributed by atoms with van der Waals surface area (Å²) in [7, 11) is 0. The number of rotatable bonds is 1. The number of nitrogen functional groups attached to an aromatic ring is 1. The van der Waals surface area contributed by atoms with E-state index in [0.717, 1.165) is 5.69 Å². The molecule has 2 heterocycles. The minimum atomic E-state index is 0.0521. The maximum absolute atomic E-state index is 9.16. The zero-order valence-corrected chi connectivity index (χ0v) is 10.3. The summed E-state index contributed by atoms with van der Waals surface area (Å²) in [6.07, 6.45) is 0. The highest BCUT2D eigenvalue weighted by molar-refractivity contribution is 7.80. The number of thiol groups is 1. The molecule has 0 amide bonds. The molecule has 0 radical (unpaired) electrons. The lowest BCUT2D eigenvalue weighted by atomic mass is 10.1. The number of hydrogen-bond acceptors (Lipinski definition) is 5. The molecule has 3 N–H and O–H groups in total. The summed E-state index contributed by atoms with van der Waals surface area (Å²) in [4.78, 5) is 7.21. The molecule has 0 atom stereocenters. The molecule has 0 aliphatic carbocycles. The average Bonchev–Trinajstić information content (AvgIpc) is 2.74. The second kappa shape index (κ2) is 4.40. The van der Waals surface area contributed by atoms with Gasteiger partial charge in [0.05, 0.1) is 23.5 Å². The van der Waals surface area contributed by atoms with E-state index in [0.29, 0.717) is 11.3 Å². The average molecular weight is 256 g/mol. The van der Waals surface area contributed by atoms with Crippen LogP contribution in [0.5, 0.6) is 0 Å². The molecule has 2 rings (SSSR count). The normalized spacial score (nSPS) is 9.78. The van der Waals surface area contributed by atoms with E-state index in [9.17, 15) is 0 Å². The Morgan fingerprint density at radius 2 is 2.33 bits per heavy atom. The van der Waals surface area contributed by atoms with Gasteiger partial charge < -0.3 is 5.73 Å². The minimum Gasteiger partial charge on any atom is -0.392 e. The number of aromatic amines is 1. The molecule has 88 valence electrons. The van der Waals surface area contributed by atoms with Gasteiger partial charge in [-0.1, -0.05) is 0 Å². The topological polar surface area (TPSA) is 95.7 Å². The van der Waals surface area contributed by atoms with E-state index in [1.54, 1.807) is 13.0 Å². The number of H-pyrrole nitrogens is 1. The molecule has 0 aromatic carbocycles. The van der Waals surface area contributed by atoms with Crippen molar-refractivity contribution in [3.63, 3.8) is 0 Å². The largest absolute Gasteiger partial charge is 0.392 e. The van der Waals surface area contributed by atoms with E-state index >= 15 is 0 Å². The van der Waals surface area contributed by atoms with Crippen LogP contribution in [0.15, 0.2) is 11.1 Å². The van der Waals surface area contributed by atoms with E-state index in [-0.39, 0.29) is 22.1 Å². The standard InChI is InChI=1S/C11H8N6S/c1-5-3-7(17-16-5)8-6(4-12)11(18)15-10(13)9(8)14-2/h3H,1H3,(H,16,17)(H3,13,15,18). The highest BCUT2D eigenvalue weighted by Gasteiger charge is 2.19. The lowest BCUT2D eigenvalue weighted by Gasteiger charge is -2.08. The first-order valence-corrected chi connectivity index (χ1v) is 5.35. The SMILES string of the molecule is [C-]#[N+]c1c(N)nc(S)c(C#N)c1-c1cc(C)n[nH]1. The van der Waals surface area contributed by atoms with Crippen LogP contribution in [0.4, 0.5) is 11.5 Å². The summed E-state index contributed by atoms with van der Waals surface area (Å²) in [6.45, 7) is 8.96. The fourth-order valence-electron chi connectivity index (χ4n) is 1.61. The van der Waals surface area contributed by atoms with E-state index < -0.39 is 0 Å². The van der Waals surface area contributed by atoms with Crippen LogP contribution in [0.1, 0.15) is 11.3 Å². The second-order valence-electron chi connectivity index (χ2n) is 3.57. The monoisotopic (exact) mass is 256 g/mol. The molecule has 0 unspecified atom stereocenters. The zero-order chi connectivity index (χ0) is 13.3. The van der Waals surface area contributed by atoms with Gasteiger partial charge in [-0.05, 0) is 13.0 Å². The Hall–Kier alpha value is -2.51. The van der Waals surface area contributed by atoms with Crippen molar-refractivity contribution in [3.8, 4) is 17.3 Å². The number of anilines is 1. The summed E-state index contributed by atoms with van der Waals surface area (Å²) in [5.41, 5.74) is 7.73. The third-order valence-corrected chi connectivity index (χ3v) is 2.70. The molecular weight excluding hydrogens is 248 g/mol. The van der Waals surface area contributed by atoms with Crippen molar-refractivity contribution in [1.82, 2.24) is 15.2 Å². The van der Waals surface area contributed by atoms with Crippen LogP contribution in [0.25, 0.3) is 16.1 Å². The van der Waals surface area contributed by atoms with Gasteiger partial charge in [-0.2, -0.15) is 10.4 Å². The number of pyridine rings is 1. The molecule has 0 aliphatic rings. The van der Waals surface area contributed by atoms with Crippen LogP contribution in [-0.2, 0) is 0 Å². The number of hydrogen-bond donors (Lipinski definition) is 3. The van der Waals surface area contributed by atoms with Crippen LogP contribution in [0.2, 0.25) is 0 Å². The van der Waals surface area contributed by atoms with E-state index in [1.165, 1.54) is 0 Å². The third kappa shape index (κ3) is 1.77. The summed E-state index contributed by atoms with van der Waals surface area (Å²) in [5.74, 6) is 0.0521. The highest BCUT2D eigenvalue weighted by atomic mass is 32.1. The van der Waals surface area contributed by atoms with Crippen molar-refractivity contribution in [1.29, 1.82) is 5.26 Å². The van der Waals surface area contributed by atoms with Crippen molar-refractivity contribution in [3.05, 3.63) is 28.7 Å². The molecule has 7 heteroatoms. The van der Waals surface area contributed by atoms with Crippen molar-refractivity contribution >= 4 is 24.1 Å².